The smallest absolute Gasteiger partial charge is 0.0691 e. The lowest BCUT2D eigenvalue weighted by Crippen LogP contribution is -1.84. The summed E-state index contributed by atoms with van der Waals surface area (Å²) < 4.78 is 1.61. The summed E-state index contributed by atoms with van der Waals surface area (Å²) in [6, 6.07) is 3.51. The van der Waals surface area contributed by atoms with Crippen molar-refractivity contribution in [2.45, 2.75) is 0 Å². The van der Waals surface area contributed by atoms with Gasteiger partial charge < -0.3 is 5.73 Å². The largest absolute Gasteiger partial charge is 0.399 e. The van der Waals surface area contributed by atoms with E-state index in [1.165, 1.54) is 0 Å². The lowest BCUT2D eigenvalue weighted by Gasteiger charge is -1.99. The van der Waals surface area contributed by atoms with Gasteiger partial charge in [0.2, 0.25) is 0 Å². The summed E-state index contributed by atoms with van der Waals surface area (Å²) >= 11 is 12.3. The number of hydrogen-bond donors (Lipinski definition) is 1. The molecule has 2 N–H and O–H groups in total. The number of hydrogen-bond acceptors (Lipinski definition) is 1. The Hall–Kier alpha value is 0.270. The molecule has 0 bridgehead atoms. The molecule has 0 spiro atoms. The first-order chi connectivity index (χ1) is 4.61. The molecule has 0 atom stereocenters. The highest BCUT2D eigenvalue weighted by Gasteiger charge is 2.01. The van der Waals surface area contributed by atoms with Gasteiger partial charge in [0, 0.05) is 14.6 Å². The Bertz CT molecular complexity index is 239. The quantitative estimate of drug-likeness (QED) is 0.573. The zero-order valence-electron chi connectivity index (χ0n) is 4.87. The Morgan fingerprint density at radius 3 is 2.00 bits per heavy atom. The summed E-state index contributed by atoms with van der Waals surface area (Å²) in [4.78, 5) is 0. The van der Waals surface area contributed by atoms with Gasteiger partial charge in [0.25, 0.3) is 0 Å². The van der Waals surface area contributed by atoms with Gasteiger partial charge in [-0.1, -0.05) is 11.6 Å². The second-order valence-corrected chi connectivity index (χ2v) is 3.89. The molecule has 1 rings (SSSR count). The maximum atomic E-state index is 5.80. The van der Waals surface area contributed by atoms with Crippen molar-refractivity contribution in [3.8, 4) is 0 Å². The van der Waals surface area contributed by atoms with Gasteiger partial charge >= 0.3 is 0 Å². The first-order valence-corrected chi connectivity index (χ1v) is 4.47. The van der Waals surface area contributed by atoms with Gasteiger partial charge in [-0.2, -0.15) is 0 Å². The molecule has 1 aromatic carbocycles. The SMILES string of the molecule is Nc1cc(Br)c(Cl)c(Br)c1. The van der Waals surface area contributed by atoms with Crippen molar-refractivity contribution in [1.29, 1.82) is 0 Å². The second-order valence-electron chi connectivity index (χ2n) is 1.80. The van der Waals surface area contributed by atoms with Crippen molar-refractivity contribution in [2.24, 2.45) is 0 Å². The number of halogens is 3. The highest BCUT2D eigenvalue weighted by atomic mass is 79.9. The van der Waals surface area contributed by atoms with Gasteiger partial charge in [-0.3, -0.25) is 0 Å². The number of nitrogen functional groups attached to an aromatic ring is 1. The van der Waals surface area contributed by atoms with E-state index in [1.807, 2.05) is 0 Å². The monoisotopic (exact) mass is 283 g/mol. The Morgan fingerprint density at radius 1 is 1.20 bits per heavy atom. The van der Waals surface area contributed by atoms with Crippen LogP contribution in [0.3, 0.4) is 0 Å². The average Bonchev–Trinajstić information content (AvgIpc) is 1.82. The maximum absolute atomic E-state index is 5.80. The Labute approximate surface area is 80.8 Å². The van der Waals surface area contributed by atoms with Gasteiger partial charge in [-0.25, -0.2) is 0 Å². The van der Waals surface area contributed by atoms with Gasteiger partial charge in [0.1, 0.15) is 0 Å². The molecule has 10 heavy (non-hydrogen) atoms. The molecule has 0 aliphatic rings. The molecule has 0 aliphatic carbocycles. The number of anilines is 1. The molecule has 4 heteroatoms. The van der Waals surface area contributed by atoms with E-state index in [2.05, 4.69) is 31.9 Å². The third-order valence-corrected chi connectivity index (χ3v) is 3.12. The van der Waals surface area contributed by atoms with Crippen LogP contribution in [0, 0.1) is 0 Å². The molecular formula is C6H4Br2ClN. The Kier molecular flexibility index (Phi) is 2.61. The van der Waals surface area contributed by atoms with E-state index in [4.69, 9.17) is 17.3 Å². The summed E-state index contributed by atoms with van der Waals surface area (Å²) in [6.45, 7) is 0. The van der Waals surface area contributed by atoms with Crippen molar-refractivity contribution in [1.82, 2.24) is 0 Å². The number of benzene rings is 1. The maximum Gasteiger partial charge on any atom is 0.0691 e. The van der Waals surface area contributed by atoms with Gasteiger partial charge in [-0.15, -0.1) is 0 Å². The first-order valence-electron chi connectivity index (χ1n) is 2.51. The van der Waals surface area contributed by atoms with Crippen molar-refractivity contribution >= 4 is 49.1 Å². The molecule has 0 aromatic heterocycles. The molecule has 0 amide bonds. The van der Waals surface area contributed by atoms with Crippen molar-refractivity contribution in [3.05, 3.63) is 26.1 Å². The van der Waals surface area contributed by atoms with E-state index >= 15 is 0 Å². The average molecular weight is 285 g/mol. The van der Waals surface area contributed by atoms with Gasteiger partial charge in [-0.05, 0) is 44.0 Å². The minimum Gasteiger partial charge on any atom is -0.399 e. The molecule has 0 fully saturated rings. The van der Waals surface area contributed by atoms with Crippen LogP contribution in [-0.4, -0.2) is 0 Å². The fourth-order valence-electron chi connectivity index (χ4n) is 0.575. The lowest BCUT2D eigenvalue weighted by atomic mass is 10.3. The van der Waals surface area contributed by atoms with Crippen LogP contribution < -0.4 is 5.73 Å². The standard InChI is InChI=1S/C6H4Br2ClN/c7-4-1-3(10)2-5(8)6(4)9/h1-2H,10H2. The number of rotatable bonds is 0. The highest BCUT2D eigenvalue weighted by molar-refractivity contribution is 9.11. The zero-order valence-corrected chi connectivity index (χ0v) is 8.79. The van der Waals surface area contributed by atoms with E-state index < -0.39 is 0 Å². The van der Waals surface area contributed by atoms with Gasteiger partial charge in [0.05, 0.1) is 5.02 Å². The van der Waals surface area contributed by atoms with Crippen molar-refractivity contribution in [2.75, 3.05) is 5.73 Å². The summed E-state index contributed by atoms with van der Waals surface area (Å²) in [5.41, 5.74) is 6.19. The Balaban J connectivity index is 3.31. The van der Waals surface area contributed by atoms with Crippen LogP contribution in [0.4, 0.5) is 5.69 Å². The van der Waals surface area contributed by atoms with E-state index in [0.717, 1.165) is 8.95 Å². The summed E-state index contributed by atoms with van der Waals surface area (Å²) in [6.07, 6.45) is 0. The first kappa shape index (κ1) is 8.37. The van der Waals surface area contributed by atoms with E-state index in [-0.39, 0.29) is 0 Å². The molecule has 0 aliphatic heterocycles. The normalized spacial score (nSPS) is 9.90. The van der Waals surface area contributed by atoms with Crippen LogP contribution in [0.25, 0.3) is 0 Å². The van der Waals surface area contributed by atoms with Crippen LogP contribution in [-0.2, 0) is 0 Å². The third kappa shape index (κ3) is 1.65. The van der Waals surface area contributed by atoms with Crippen LogP contribution in [0.15, 0.2) is 21.1 Å². The molecule has 0 radical (unpaired) electrons. The van der Waals surface area contributed by atoms with Crippen LogP contribution in [0.2, 0.25) is 5.02 Å². The summed E-state index contributed by atoms with van der Waals surface area (Å²) in [7, 11) is 0. The fraction of sp³-hybridized carbons (Fsp3) is 0. The van der Waals surface area contributed by atoms with Crippen LogP contribution in [0.5, 0.6) is 0 Å². The van der Waals surface area contributed by atoms with Crippen LogP contribution >= 0.6 is 43.5 Å². The molecule has 0 heterocycles. The third-order valence-electron chi connectivity index (χ3n) is 1.01. The molecule has 0 saturated carbocycles. The topological polar surface area (TPSA) is 26.0 Å². The summed E-state index contributed by atoms with van der Waals surface area (Å²) in [5.74, 6) is 0. The fourth-order valence-corrected chi connectivity index (χ4v) is 1.91. The second kappa shape index (κ2) is 3.11. The Morgan fingerprint density at radius 2 is 1.60 bits per heavy atom. The van der Waals surface area contributed by atoms with Crippen molar-refractivity contribution < 1.29 is 0 Å². The molecule has 0 saturated heterocycles. The van der Waals surface area contributed by atoms with E-state index in [9.17, 15) is 0 Å². The molecule has 1 nitrogen and oxygen atoms in total. The zero-order chi connectivity index (χ0) is 7.72. The summed E-state index contributed by atoms with van der Waals surface area (Å²) in [5, 5.41) is 0.647. The van der Waals surface area contributed by atoms with E-state index in [0.29, 0.717) is 10.7 Å². The molecule has 0 unspecified atom stereocenters. The highest BCUT2D eigenvalue weighted by Crippen LogP contribution is 2.32. The molecule has 1 aromatic rings. The molecule has 54 valence electrons. The predicted molar refractivity (Wildman–Crippen MR) is 51.3 cm³/mol. The minimum absolute atomic E-state index is 0.647. The van der Waals surface area contributed by atoms with E-state index in [1.54, 1.807) is 12.1 Å². The number of nitrogens with two attached hydrogens (primary N) is 1. The van der Waals surface area contributed by atoms with Crippen LogP contribution in [0.1, 0.15) is 0 Å². The van der Waals surface area contributed by atoms with Gasteiger partial charge in [0.15, 0.2) is 0 Å². The predicted octanol–water partition coefficient (Wildman–Crippen LogP) is 3.45. The lowest BCUT2D eigenvalue weighted by molar-refractivity contribution is 1.59. The minimum atomic E-state index is 0.647. The molecular weight excluding hydrogens is 281 g/mol. The van der Waals surface area contributed by atoms with Crippen molar-refractivity contribution in [3.63, 3.8) is 0 Å².